The Kier molecular flexibility index (Phi) is 6.38. The zero-order valence-corrected chi connectivity index (χ0v) is 15.7. The lowest BCUT2D eigenvalue weighted by Crippen LogP contribution is -2.52. The fourth-order valence-electron chi connectivity index (χ4n) is 2.87. The van der Waals surface area contributed by atoms with Gasteiger partial charge in [0.25, 0.3) is 0 Å². The van der Waals surface area contributed by atoms with Crippen LogP contribution in [0.1, 0.15) is 44.6 Å². The van der Waals surface area contributed by atoms with Gasteiger partial charge in [-0.1, -0.05) is 30.7 Å². The summed E-state index contributed by atoms with van der Waals surface area (Å²) in [5.41, 5.74) is -1.18. The lowest BCUT2D eigenvalue weighted by atomic mass is 9.86. The molecule has 1 atom stereocenters. The second-order valence-electron chi connectivity index (χ2n) is 6.19. The van der Waals surface area contributed by atoms with Gasteiger partial charge in [0.05, 0.1) is 7.11 Å². The number of hydrogen-bond donors (Lipinski definition) is 1. The minimum atomic E-state index is -1.26. The maximum absolute atomic E-state index is 12.6. The Morgan fingerprint density at radius 2 is 1.96 bits per heavy atom. The molecular formula is C19H22ClN3O3. The molecule has 0 saturated heterocycles. The standard InChI is InChI=1S/C19H22ClN3O3/c1-4-6-12-18(22-23-18)13-11-16(24)21-19(5-2,17(25)26-3)14-7-9-15(20)10-8-14/h1,7-10H,5-6,11-13H2,2-3H3,(H,21,24). The van der Waals surface area contributed by atoms with E-state index in [2.05, 4.69) is 21.5 Å². The molecule has 1 unspecified atom stereocenters. The fraction of sp³-hybridized carbons (Fsp3) is 0.474. The zero-order valence-electron chi connectivity index (χ0n) is 14.9. The number of hydrogen-bond acceptors (Lipinski definition) is 5. The zero-order chi connectivity index (χ0) is 19.2. The SMILES string of the molecule is C#CCCC1(CCC(=O)NC(CC)(C(=O)OC)c2ccc(Cl)cc2)N=N1. The number of ether oxygens (including phenoxy) is 1. The van der Waals surface area contributed by atoms with Gasteiger partial charge in [-0.2, -0.15) is 10.2 Å². The molecule has 0 aromatic heterocycles. The Hall–Kier alpha value is -2.39. The molecule has 1 aliphatic heterocycles. The van der Waals surface area contributed by atoms with Gasteiger partial charge in [0.2, 0.25) is 5.91 Å². The van der Waals surface area contributed by atoms with Crippen molar-refractivity contribution < 1.29 is 14.3 Å². The second-order valence-corrected chi connectivity index (χ2v) is 6.63. The summed E-state index contributed by atoms with van der Waals surface area (Å²) in [6.07, 6.45) is 7.44. The summed E-state index contributed by atoms with van der Waals surface area (Å²) in [5, 5.41) is 11.4. The summed E-state index contributed by atoms with van der Waals surface area (Å²) >= 11 is 5.93. The lowest BCUT2D eigenvalue weighted by Gasteiger charge is -2.31. The molecule has 7 heteroatoms. The number of carbonyl (C=O) groups is 2. The van der Waals surface area contributed by atoms with E-state index in [1.807, 2.05) is 6.92 Å². The van der Waals surface area contributed by atoms with Gasteiger partial charge in [0.15, 0.2) is 11.2 Å². The molecule has 0 saturated carbocycles. The molecule has 0 radical (unpaired) electrons. The molecule has 6 nitrogen and oxygen atoms in total. The smallest absolute Gasteiger partial charge is 0.336 e. The van der Waals surface area contributed by atoms with Crippen LogP contribution in [0.2, 0.25) is 5.02 Å². The Labute approximate surface area is 158 Å². The average Bonchev–Trinajstić information content (AvgIpc) is 3.43. The van der Waals surface area contributed by atoms with Crippen LogP contribution >= 0.6 is 11.6 Å². The maximum Gasteiger partial charge on any atom is 0.336 e. The van der Waals surface area contributed by atoms with E-state index in [4.69, 9.17) is 22.8 Å². The molecule has 138 valence electrons. The minimum absolute atomic E-state index is 0.184. The van der Waals surface area contributed by atoms with Crippen LogP contribution in [0.3, 0.4) is 0 Å². The number of terminal acetylenes is 1. The van der Waals surface area contributed by atoms with Crippen molar-refractivity contribution in [3.63, 3.8) is 0 Å². The molecule has 1 heterocycles. The van der Waals surface area contributed by atoms with Crippen LogP contribution in [0.5, 0.6) is 0 Å². The van der Waals surface area contributed by atoms with Crippen molar-refractivity contribution in [2.45, 2.75) is 50.2 Å². The van der Waals surface area contributed by atoms with Gasteiger partial charge in [-0.25, -0.2) is 4.79 Å². The Morgan fingerprint density at radius 1 is 1.31 bits per heavy atom. The number of methoxy groups -OCH3 is 1. The van der Waals surface area contributed by atoms with E-state index < -0.39 is 17.2 Å². The predicted octanol–water partition coefficient (Wildman–Crippen LogP) is 3.59. The Balaban J connectivity index is 2.11. The number of nitrogens with one attached hydrogen (secondary N) is 1. The summed E-state index contributed by atoms with van der Waals surface area (Å²) in [6.45, 7) is 1.81. The molecule has 0 aliphatic carbocycles. The Morgan fingerprint density at radius 3 is 2.46 bits per heavy atom. The van der Waals surface area contributed by atoms with E-state index in [-0.39, 0.29) is 12.3 Å². The first kappa shape index (κ1) is 19.9. The summed E-state index contributed by atoms with van der Waals surface area (Å²) in [4.78, 5) is 25.1. The normalized spacial score (nSPS) is 16.2. The first-order valence-corrected chi connectivity index (χ1v) is 8.82. The number of halogens is 1. The third-order valence-corrected chi connectivity index (χ3v) is 4.81. The van der Waals surface area contributed by atoms with E-state index in [0.29, 0.717) is 36.3 Å². The third kappa shape index (κ3) is 4.41. The minimum Gasteiger partial charge on any atom is -0.467 e. The van der Waals surface area contributed by atoms with E-state index in [0.717, 1.165) is 0 Å². The van der Waals surface area contributed by atoms with Crippen molar-refractivity contribution in [3.05, 3.63) is 34.9 Å². The molecule has 1 N–H and O–H groups in total. The molecule has 1 aliphatic rings. The number of carbonyl (C=O) groups excluding carboxylic acids is 2. The van der Waals surface area contributed by atoms with Crippen molar-refractivity contribution in [3.8, 4) is 12.3 Å². The fourth-order valence-corrected chi connectivity index (χ4v) is 2.99. The molecule has 0 bridgehead atoms. The highest BCUT2D eigenvalue weighted by atomic mass is 35.5. The van der Waals surface area contributed by atoms with Gasteiger partial charge in [0, 0.05) is 30.7 Å². The third-order valence-electron chi connectivity index (χ3n) is 4.56. The summed E-state index contributed by atoms with van der Waals surface area (Å²) in [6, 6.07) is 6.77. The molecule has 0 spiro atoms. The molecular weight excluding hydrogens is 354 g/mol. The van der Waals surface area contributed by atoms with Crippen LogP contribution in [0.15, 0.2) is 34.5 Å². The van der Waals surface area contributed by atoms with Gasteiger partial charge in [-0.15, -0.1) is 12.3 Å². The van der Waals surface area contributed by atoms with Crippen molar-refractivity contribution >= 4 is 23.5 Å². The molecule has 26 heavy (non-hydrogen) atoms. The first-order chi connectivity index (χ1) is 12.4. The lowest BCUT2D eigenvalue weighted by molar-refractivity contribution is -0.151. The first-order valence-electron chi connectivity index (χ1n) is 8.44. The van der Waals surface area contributed by atoms with Gasteiger partial charge < -0.3 is 10.1 Å². The van der Waals surface area contributed by atoms with Crippen LogP contribution in [0, 0.1) is 12.3 Å². The number of esters is 1. The van der Waals surface area contributed by atoms with E-state index in [1.54, 1.807) is 24.3 Å². The highest BCUT2D eigenvalue weighted by Gasteiger charge is 2.43. The maximum atomic E-state index is 12.6. The highest BCUT2D eigenvalue weighted by Crippen LogP contribution is 2.38. The van der Waals surface area contributed by atoms with Gasteiger partial charge in [-0.05, 0) is 24.1 Å². The molecule has 1 aromatic rings. The number of benzene rings is 1. The van der Waals surface area contributed by atoms with Crippen LogP contribution in [-0.4, -0.2) is 24.6 Å². The topological polar surface area (TPSA) is 80.1 Å². The van der Waals surface area contributed by atoms with Crippen molar-refractivity contribution in [2.24, 2.45) is 10.2 Å². The van der Waals surface area contributed by atoms with Crippen molar-refractivity contribution in [1.82, 2.24) is 5.32 Å². The monoisotopic (exact) mass is 375 g/mol. The molecule has 2 rings (SSSR count). The quantitative estimate of drug-likeness (QED) is 0.529. The number of amides is 1. The summed E-state index contributed by atoms with van der Waals surface area (Å²) in [5.74, 6) is 1.75. The van der Waals surface area contributed by atoms with E-state index in [9.17, 15) is 9.59 Å². The summed E-state index contributed by atoms with van der Waals surface area (Å²) in [7, 11) is 1.30. The molecule has 1 aromatic carbocycles. The summed E-state index contributed by atoms with van der Waals surface area (Å²) < 4.78 is 4.96. The van der Waals surface area contributed by atoms with Gasteiger partial charge >= 0.3 is 5.97 Å². The van der Waals surface area contributed by atoms with Crippen molar-refractivity contribution in [1.29, 1.82) is 0 Å². The largest absolute Gasteiger partial charge is 0.467 e. The van der Waals surface area contributed by atoms with Crippen LogP contribution in [0.25, 0.3) is 0 Å². The van der Waals surface area contributed by atoms with Crippen LogP contribution in [-0.2, 0) is 19.9 Å². The van der Waals surface area contributed by atoms with E-state index in [1.165, 1.54) is 7.11 Å². The number of nitrogens with zero attached hydrogens (tertiary/aromatic N) is 2. The predicted molar refractivity (Wildman–Crippen MR) is 98.5 cm³/mol. The number of rotatable bonds is 9. The Bertz CT molecular complexity index is 733. The second kappa shape index (κ2) is 8.33. The van der Waals surface area contributed by atoms with E-state index >= 15 is 0 Å². The van der Waals surface area contributed by atoms with Crippen LogP contribution < -0.4 is 5.32 Å². The van der Waals surface area contributed by atoms with Crippen LogP contribution in [0.4, 0.5) is 0 Å². The molecule has 1 amide bonds. The van der Waals surface area contributed by atoms with Crippen molar-refractivity contribution in [2.75, 3.05) is 7.11 Å². The average molecular weight is 376 g/mol. The highest BCUT2D eigenvalue weighted by molar-refractivity contribution is 6.30. The molecule has 0 fully saturated rings. The van der Waals surface area contributed by atoms with Gasteiger partial charge in [-0.3, -0.25) is 4.79 Å². The van der Waals surface area contributed by atoms with Gasteiger partial charge in [0.1, 0.15) is 0 Å².